The number of carbonyl (C=O) groups excluding carboxylic acids is 3. The molecule has 1 aliphatic heterocycles. The summed E-state index contributed by atoms with van der Waals surface area (Å²) in [5, 5.41) is 0. The second kappa shape index (κ2) is 6.69. The Balaban J connectivity index is 2.60. The van der Waals surface area contributed by atoms with Crippen molar-refractivity contribution in [1.82, 2.24) is 15.2 Å². The number of hydrazine groups is 1. The monoisotopic (exact) mass is 284 g/mol. The number of nitrogens with two attached hydrogens (primary N) is 1. The quantitative estimate of drug-likeness (QED) is 0.303. The number of hydrogen-bond acceptors (Lipinski definition) is 4. The molecule has 1 unspecified atom stereocenters. The Morgan fingerprint density at radius 3 is 2.30 bits per heavy atom. The zero-order chi connectivity index (χ0) is 15.3. The van der Waals surface area contributed by atoms with Crippen LogP contribution in [0.2, 0.25) is 0 Å². The summed E-state index contributed by atoms with van der Waals surface area (Å²) in [6.07, 6.45) is 1.24. The molecule has 1 saturated heterocycles. The van der Waals surface area contributed by atoms with Crippen LogP contribution in [0.1, 0.15) is 27.2 Å². The third-order valence-corrected chi connectivity index (χ3v) is 3.74. The molecule has 1 atom stereocenters. The maximum Gasteiger partial charge on any atom is 0.236 e. The molecule has 1 fully saturated rings. The molecule has 0 radical (unpaired) electrons. The highest BCUT2D eigenvalue weighted by molar-refractivity contribution is 5.84. The van der Waals surface area contributed by atoms with Crippen molar-refractivity contribution in [2.45, 2.75) is 27.2 Å². The molecule has 0 aromatic carbocycles. The minimum Gasteiger partial charge on any atom is -0.342 e. The summed E-state index contributed by atoms with van der Waals surface area (Å²) >= 11 is 0. The Hall–Kier alpha value is -1.63. The van der Waals surface area contributed by atoms with Gasteiger partial charge in [0.1, 0.15) is 0 Å². The predicted octanol–water partition coefficient (Wildman–Crippen LogP) is -0.671. The van der Waals surface area contributed by atoms with E-state index in [1.54, 1.807) is 16.7 Å². The minimum atomic E-state index is -0.630. The van der Waals surface area contributed by atoms with Crippen molar-refractivity contribution >= 4 is 18.2 Å². The van der Waals surface area contributed by atoms with Crippen LogP contribution in [0.4, 0.5) is 0 Å². The van der Waals surface area contributed by atoms with E-state index in [1.165, 1.54) is 0 Å². The van der Waals surface area contributed by atoms with Gasteiger partial charge < -0.3 is 9.80 Å². The molecule has 0 aromatic heterocycles. The lowest BCUT2D eigenvalue weighted by Gasteiger charge is -2.38. The van der Waals surface area contributed by atoms with Gasteiger partial charge in [0.25, 0.3) is 0 Å². The summed E-state index contributed by atoms with van der Waals surface area (Å²) < 4.78 is 0. The van der Waals surface area contributed by atoms with Gasteiger partial charge in [0.2, 0.25) is 18.2 Å². The lowest BCUT2D eigenvalue weighted by Crippen LogP contribution is -2.52. The van der Waals surface area contributed by atoms with Crippen molar-refractivity contribution in [2.24, 2.45) is 17.2 Å². The largest absolute Gasteiger partial charge is 0.342 e. The molecular weight excluding hydrogens is 260 g/mol. The minimum absolute atomic E-state index is 0.0136. The van der Waals surface area contributed by atoms with E-state index in [2.05, 4.69) is 5.43 Å². The highest BCUT2D eigenvalue weighted by atomic mass is 16.2. The number of carbonyl (C=O) groups is 3. The number of nitrogens with one attached hydrogen (secondary N) is 1. The van der Waals surface area contributed by atoms with Crippen LogP contribution in [0.15, 0.2) is 0 Å². The van der Waals surface area contributed by atoms with E-state index in [4.69, 9.17) is 5.84 Å². The van der Waals surface area contributed by atoms with Crippen LogP contribution < -0.4 is 11.3 Å². The summed E-state index contributed by atoms with van der Waals surface area (Å²) in [6, 6.07) is 0. The Labute approximate surface area is 119 Å². The molecule has 7 nitrogen and oxygen atoms in total. The maximum absolute atomic E-state index is 12.5. The zero-order valence-corrected chi connectivity index (χ0v) is 12.4. The van der Waals surface area contributed by atoms with Crippen molar-refractivity contribution in [2.75, 3.05) is 26.2 Å². The van der Waals surface area contributed by atoms with Crippen LogP contribution in [-0.4, -0.2) is 54.2 Å². The fourth-order valence-electron chi connectivity index (χ4n) is 2.55. The van der Waals surface area contributed by atoms with Crippen molar-refractivity contribution in [1.29, 1.82) is 0 Å². The molecule has 0 saturated carbocycles. The number of piperazine rings is 1. The predicted molar refractivity (Wildman–Crippen MR) is 74.1 cm³/mol. The van der Waals surface area contributed by atoms with Crippen LogP contribution in [0.3, 0.4) is 0 Å². The average Bonchev–Trinajstić information content (AvgIpc) is 2.45. The fourth-order valence-corrected chi connectivity index (χ4v) is 2.55. The highest BCUT2D eigenvalue weighted by Crippen LogP contribution is 2.28. The highest BCUT2D eigenvalue weighted by Gasteiger charge is 2.35. The second-order valence-electron chi connectivity index (χ2n) is 5.93. The summed E-state index contributed by atoms with van der Waals surface area (Å²) in [6.45, 7) is 7.62. The van der Waals surface area contributed by atoms with Gasteiger partial charge in [-0.2, -0.15) is 0 Å². The molecule has 0 aromatic rings. The number of amides is 3. The van der Waals surface area contributed by atoms with Crippen molar-refractivity contribution < 1.29 is 14.4 Å². The smallest absolute Gasteiger partial charge is 0.236 e. The SMILES string of the molecule is CC(CC(C)(C)C(=O)N1CCN(C=O)CC1)C(=O)NN. The van der Waals surface area contributed by atoms with Gasteiger partial charge in [0.05, 0.1) is 0 Å². The molecular formula is C13H24N4O3. The van der Waals surface area contributed by atoms with E-state index in [0.29, 0.717) is 32.6 Å². The molecule has 0 bridgehead atoms. The van der Waals surface area contributed by atoms with Gasteiger partial charge in [-0.05, 0) is 6.42 Å². The van der Waals surface area contributed by atoms with Crippen LogP contribution in [0.5, 0.6) is 0 Å². The van der Waals surface area contributed by atoms with Crippen LogP contribution in [0.25, 0.3) is 0 Å². The third kappa shape index (κ3) is 3.93. The van der Waals surface area contributed by atoms with E-state index in [-0.39, 0.29) is 17.7 Å². The van der Waals surface area contributed by atoms with Gasteiger partial charge in [-0.3, -0.25) is 19.8 Å². The summed E-state index contributed by atoms with van der Waals surface area (Å²) in [7, 11) is 0. The summed E-state index contributed by atoms with van der Waals surface area (Å²) in [5.41, 5.74) is 1.48. The van der Waals surface area contributed by atoms with Gasteiger partial charge in [-0.1, -0.05) is 20.8 Å². The lowest BCUT2D eigenvalue weighted by atomic mass is 9.81. The first-order valence-corrected chi connectivity index (χ1v) is 6.81. The van der Waals surface area contributed by atoms with Gasteiger partial charge in [-0.25, -0.2) is 5.84 Å². The van der Waals surface area contributed by atoms with E-state index < -0.39 is 5.41 Å². The Kier molecular flexibility index (Phi) is 5.50. The van der Waals surface area contributed by atoms with E-state index in [0.717, 1.165) is 6.41 Å². The average molecular weight is 284 g/mol. The van der Waals surface area contributed by atoms with E-state index in [9.17, 15) is 14.4 Å². The van der Waals surface area contributed by atoms with E-state index in [1.807, 2.05) is 13.8 Å². The molecule has 3 amide bonds. The van der Waals surface area contributed by atoms with Gasteiger partial charge in [0, 0.05) is 37.5 Å². The number of rotatable bonds is 5. The molecule has 114 valence electrons. The van der Waals surface area contributed by atoms with Crippen molar-refractivity contribution in [3.05, 3.63) is 0 Å². The topological polar surface area (TPSA) is 95.7 Å². The second-order valence-corrected chi connectivity index (χ2v) is 5.93. The molecule has 0 spiro atoms. The van der Waals surface area contributed by atoms with Crippen LogP contribution in [0, 0.1) is 11.3 Å². The zero-order valence-electron chi connectivity index (χ0n) is 12.4. The van der Waals surface area contributed by atoms with E-state index >= 15 is 0 Å². The Bertz CT molecular complexity index is 376. The molecule has 1 aliphatic rings. The number of hydrogen-bond donors (Lipinski definition) is 2. The van der Waals surface area contributed by atoms with Crippen LogP contribution in [-0.2, 0) is 14.4 Å². The maximum atomic E-state index is 12.5. The standard InChI is InChI=1S/C13H24N4O3/c1-10(11(19)15-14)8-13(2,3)12(20)17-6-4-16(9-18)5-7-17/h9-10H,4-8,14H2,1-3H3,(H,15,19). The Morgan fingerprint density at radius 2 is 1.85 bits per heavy atom. The summed E-state index contributed by atoms with van der Waals surface area (Å²) in [4.78, 5) is 38.0. The lowest BCUT2D eigenvalue weighted by molar-refractivity contribution is -0.145. The molecule has 7 heteroatoms. The van der Waals surface area contributed by atoms with Crippen molar-refractivity contribution in [3.63, 3.8) is 0 Å². The third-order valence-electron chi connectivity index (χ3n) is 3.74. The Morgan fingerprint density at radius 1 is 1.30 bits per heavy atom. The first kappa shape index (κ1) is 16.4. The summed E-state index contributed by atoms with van der Waals surface area (Å²) in [5.74, 6) is 4.53. The first-order valence-electron chi connectivity index (χ1n) is 6.81. The van der Waals surface area contributed by atoms with Gasteiger partial charge >= 0.3 is 0 Å². The van der Waals surface area contributed by atoms with Gasteiger partial charge in [-0.15, -0.1) is 0 Å². The van der Waals surface area contributed by atoms with Crippen LogP contribution >= 0.6 is 0 Å². The molecule has 20 heavy (non-hydrogen) atoms. The molecule has 3 N–H and O–H groups in total. The van der Waals surface area contributed by atoms with Gasteiger partial charge in [0.15, 0.2) is 0 Å². The molecule has 1 rings (SSSR count). The normalized spacial score (nSPS) is 17.6. The number of nitrogens with zero attached hydrogens (tertiary/aromatic N) is 2. The fraction of sp³-hybridized carbons (Fsp3) is 0.769. The first-order chi connectivity index (χ1) is 9.31. The molecule has 1 heterocycles. The molecule has 0 aliphatic carbocycles. The van der Waals surface area contributed by atoms with Crippen molar-refractivity contribution in [3.8, 4) is 0 Å².